The third-order valence-corrected chi connectivity index (χ3v) is 2.95. The van der Waals surface area contributed by atoms with Crippen molar-refractivity contribution in [1.29, 1.82) is 0 Å². The largest absolute Gasteiger partial charge is 0.475 e. The van der Waals surface area contributed by atoms with E-state index in [-0.39, 0.29) is 5.82 Å². The Labute approximate surface area is 132 Å². The van der Waals surface area contributed by atoms with E-state index in [0.717, 1.165) is 11.4 Å². The van der Waals surface area contributed by atoms with Gasteiger partial charge in [-0.3, -0.25) is 0 Å². The van der Waals surface area contributed by atoms with Gasteiger partial charge < -0.3 is 15.2 Å². The molecule has 3 aromatic rings. The number of carbonyl (C=O) groups is 1. The van der Waals surface area contributed by atoms with Gasteiger partial charge in [-0.15, -0.1) is 0 Å². The second-order valence-corrected chi connectivity index (χ2v) is 4.64. The van der Waals surface area contributed by atoms with E-state index < -0.39 is 5.97 Å². The Morgan fingerprint density at radius 1 is 0.957 bits per heavy atom. The lowest BCUT2D eigenvalue weighted by Gasteiger charge is -2.08. The van der Waals surface area contributed by atoms with Crippen LogP contribution >= 0.6 is 0 Å². The summed E-state index contributed by atoms with van der Waals surface area (Å²) >= 11 is 0. The van der Waals surface area contributed by atoms with Gasteiger partial charge in [0.05, 0.1) is 0 Å². The fourth-order valence-electron chi connectivity index (χ4n) is 1.91. The molecule has 0 amide bonds. The predicted octanol–water partition coefficient (Wildman–Crippen LogP) is 3.71. The number of hydrogen-bond acceptors (Lipinski definition) is 5. The molecule has 6 nitrogen and oxygen atoms in total. The lowest BCUT2D eigenvalue weighted by Crippen LogP contribution is -2.05. The summed E-state index contributed by atoms with van der Waals surface area (Å²) in [5, 5.41) is 11.9. The Balaban J connectivity index is 1.70. The Hall–Kier alpha value is -3.41. The summed E-state index contributed by atoms with van der Waals surface area (Å²) in [6, 6.07) is 18.3. The Kier molecular flexibility index (Phi) is 4.15. The van der Waals surface area contributed by atoms with Crippen LogP contribution in [0.1, 0.15) is 10.6 Å². The number of aromatic nitrogens is 2. The third-order valence-electron chi connectivity index (χ3n) is 2.95. The van der Waals surface area contributed by atoms with E-state index in [9.17, 15) is 4.79 Å². The van der Waals surface area contributed by atoms with Crippen LogP contribution in [-0.4, -0.2) is 21.0 Å². The summed E-state index contributed by atoms with van der Waals surface area (Å²) in [5.41, 5.74) is 0.764. The molecule has 2 N–H and O–H groups in total. The number of carboxylic acids is 1. The Bertz CT molecular complexity index is 805. The van der Waals surface area contributed by atoms with Gasteiger partial charge in [0.2, 0.25) is 5.82 Å². The highest BCUT2D eigenvalue weighted by atomic mass is 16.5. The molecule has 6 heteroatoms. The molecule has 0 saturated carbocycles. The highest BCUT2D eigenvalue weighted by Crippen LogP contribution is 2.23. The molecule has 0 bridgehead atoms. The molecule has 23 heavy (non-hydrogen) atoms. The van der Waals surface area contributed by atoms with E-state index in [1.54, 1.807) is 6.07 Å². The number of hydrogen-bond donors (Lipinski definition) is 2. The van der Waals surface area contributed by atoms with Crippen molar-refractivity contribution in [1.82, 2.24) is 9.97 Å². The van der Waals surface area contributed by atoms with Crippen LogP contribution < -0.4 is 10.1 Å². The minimum atomic E-state index is -1.17. The number of carboxylic acid groups (broad SMARTS) is 1. The van der Waals surface area contributed by atoms with Gasteiger partial charge in [0.15, 0.2) is 0 Å². The van der Waals surface area contributed by atoms with E-state index in [1.807, 2.05) is 54.6 Å². The van der Waals surface area contributed by atoms with Crippen LogP contribution in [0.4, 0.5) is 11.5 Å². The molecule has 0 fully saturated rings. The van der Waals surface area contributed by atoms with E-state index >= 15 is 0 Å². The molecule has 0 saturated heterocycles. The molecule has 0 aliphatic rings. The lowest BCUT2D eigenvalue weighted by atomic mass is 10.3. The van der Waals surface area contributed by atoms with Gasteiger partial charge in [0, 0.05) is 11.9 Å². The first-order valence-corrected chi connectivity index (χ1v) is 6.87. The summed E-state index contributed by atoms with van der Waals surface area (Å²) in [5.74, 6) is 0.458. The molecule has 0 atom stereocenters. The fraction of sp³-hybridized carbons (Fsp3) is 0. The second kappa shape index (κ2) is 6.57. The average Bonchev–Trinajstić information content (AvgIpc) is 2.58. The van der Waals surface area contributed by atoms with Crippen molar-refractivity contribution >= 4 is 17.5 Å². The molecular formula is C17H13N3O3. The molecule has 0 unspecified atom stereocenters. The quantitative estimate of drug-likeness (QED) is 0.747. The Morgan fingerprint density at radius 2 is 1.65 bits per heavy atom. The maximum absolute atomic E-state index is 10.9. The first-order valence-electron chi connectivity index (χ1n) is 6.87. The van der Waals surface area contributed by atoms with Crippen molar-refractivity contribution in [2.75, 3.05) is 5.32 Å². The summed E-state index contributed by atoms with van der Waals surface area (Å²) in [6.45, 7) is 0. The van der Waals surface area contributed by atoms with Gasteiger partial charge in [-0.1, -0.05) is 18.2 Å². The first kappa shape index (κ1) is 14.5. The summed E-state index contributed by atoms with van der Waals surface area (Å²) in [4.78, 5) is 18.4. The highest BCUT2D eigenvalue weighted by Gasteiger charge is 2.07. The van der Waals surface area contributed by atoms with Crippen molar-refractivity contribution in [3.63, 3.8) is 0 Å². The molecule has 114 valence electrons. The number of anilines is 2. The number of benzene rings is 2. The van der Waals surface area contributed by atoms with Crippen LogP contribution in [0.5, 0.6) is 11.5 Å². The zero-order valence-corrected chi connectivity index (χ0v) is 12.0. The molecule has 0 radical (unpaired) electrons. The van der Waals surface area contributed by atoms with E-state index in [2.05, 4.69) is 15.3 Å². The average molecular weight is 307 g/mol. The van der Waals surface area contributed by atoms with E-state index in [0.29, 0.717) is 11.6 Å². The van der Waals surface area contributed by atoms with Crippen LogP contribution in [0.3, 0.4) is 0 Å². The highest BCUT2D eigenvalue weighted by molar-refractivity contribution is 5.83. The van der Waals surface area contributed by atoms with Gasteiger partial charge in [-0.25, -0.2) is 14.8 Å². The van der Waals surface area contributed by atoms with Crippen LogP contribution in [0.25, 0.3) is 0 Å². The zero-order valence-electron chi connectivity index (χ0n) is 12.0. The van der Waals surface area contributed by atoms with Gasteiger partial charge in [0.1, 0.15) is 17.3 Å². The van der Waals surface area contributed by atoms with Gasteiger partial charge in [0.25, 0.3) is 0 Å². The van der Waals surface area contributed by atoms with Gasteiger partial charge in [-0.05, 0) is 42.5 Å². The topological polar surface area (TPSA) is 84.3 Å². The lowest BCUT2D eigenvalue weighted by molar-refractivity contribution is 0.0683. The molecule has 2 aromatic carbocycles. The fourth-order valence-corrected chi connectivity index (χ4v) is 1.91. The maximum Gasteiger partial charge on any atom is 0.374 e. The molecule has 1 heterocycles. The zero-order chi connectivity index (χ0) is 16.1. The van der Waals surface area contributed by atoms with Crippen LogP contribution in [-0.2, 0) is 0 Å². The molecule has 1 aromatic heterocycles. The molecule has 0 aliphatic heterocycles. The van der Waals surface area contributed by atoms with Crippen LogP contribution in [0, 0.1) is 0 Å². The molecular weight excluding hydrogens is 294 g/mol. The monoisotopic (exact) mass is 307 g/mol. The molecule has 3 rings (SSSR count). The number of nitrogens with one attached hydrogen (secondary N) is 1. The SMILES string of the molecule is O=C(O)c1nccc(Nc2ccc(Oc3ccccc3)cc2)n1. The number of para-hydroxylation sites is 1. The normalized spacial score (nSPS) is 10.1. The summed E-state index contributed by atoms with van der Waals surface area (Å²) < 4.78 is 5.70. The van der Waals surface area contributed by atoms with Crippen molar-refractivity contribution in [3.8, 4) is 11.5 Å². The third kappa shape index (κ3) is 3.82. The van der Waals surface area contributed by atoms with Crippen molar-refractivity contribution < 1.29 is 14.6 Å². The maximum atomic E-state index is 10.9. The summed E-state index contributed by atoms with van der Waals surface area (Å²) in [7, 11) is 0. The number of rotatable bonds is 5. The van der Waals surface area contributed by atoms with Crippen LogP contribution in [0.2, 0.25) is 0 Å². The van der Waals surface area contributed by atoms with E-state index in [4.69, 9.17) is 9.84 Å². The van der Waals surface area contributed by atoms with Crippen molar-refractivity contribution in [3.05, 3.63) is 72.7 Å². The smallest absolute Gasteiger partial charge is 0.374 e. The number of ether oxygens (including phenoxy) is 1. The van der Waals surface area contributed by atoms with E-state index in [1.165, 1.54) is 6.20 Å². The van der Waals surface area contributed by atoms with Gasteiger partial charge >= 0.3 is 5.97 Å². The molecule has 0 aliphatic carbocycles. The van der Waals surface area contributed by atoms with Crippen molar-refractivity contribution in [2.45, 2.75) is 0 Å². The first-order chi connectivity index (χ1) is 11.2. The van der Waals surface area contributed by atoms with Crippen LogP contribution in [0.15, 0.2) is 66.9 Å². The number of aromatic carboxylic acids is 1. The second-order valence-electron chi connectivity index (χ2n) is 4.64. The minimum absolute atomic E-state index is 0.251. The Morgan fingerprint density at radius 3 is 2.35 bits per heavy atom. The minimum Gasteiger partial charge on any atom is -0.475 e. The van der Waals surface area contributed by atoms with Crippen molar-refractivity contribution in [2.24, 2.45) is 0 Å². The summed E-state index contributed by atoms with van der Waals surface area (Å²) in [6.07, 6.45) is 1.39. The predicted molar refractivity (Wildman–Crippen MR) is 85.2 cm³/mol. The van der Waals surface area contributed by atoms with Gasteiger partial charge in [-0.2, -0.15) is 0 Å². The molecule has 0 spiro atoms. The number of nitrogens with zero attached hydrogens (tertiary/aromatic N) is 2. The standard InChI is InChI=1S/C17H13N3O3/c21-17(22)16-18-11-10-15(20-16)19-12-6-8-14(9-7-12)23-13-4-2-1-3-5-13/h1-11H,(H,21,22)(H,18,19,20).